The number of carbonyl (C=O) groups excluding carboxylic acids is 3. The molecular weight excluding hydrogens is 556 g/mol. The lowest BCUT2D eigenvalue weighted by atomic mass is 9.98. The summed E-state index contributed by atoms with van der Waals surface area (Å²) in [6.07, 6.45) is 1.37. The van der Waals surface area contributed by atoms with Gasteiger partial charge in [0.05, 0.1) is 6.54 Å². The van der Waals surface area contributed by atoms with Crippen LogP contribution in [0.2, 0.25) is 0 Å². The number of carbonyl (C=O) groups is 3. The summed E-state index contributed by atoms with van der Waals surface area (Å²) in [5.41, 5.74) is 5.03. The van der Waals surface area contributed by atoms with Gasteiger partial charge in [-0.2, -0.15) is 4.80 Å². The van der Waals surface area contributed by atoms with Crippen LogP contribution in [-0.4, -0.2) is 62.6 Å². The molecule has 4 heterocycles. The number of hydrogen-bond acceptors (Lipinski definition) is 7. The van der Waals surface area contributed by atoms with Gasteiger partial charge in [0.2, 0.25) is 23.5 Å². The third-order valence-corrected chi connectivity index (χ3v) is 8.05. The molecule has 0 saturated heterocycles. The molecule has 226 valence electrons. The van der Waals surface area contributed by atoms with Crippen LogP contribution in [0.15, 0.2) is 72.8 Å². The monoisotopic (exact) mass is 592 g/mol. The molecular formula is C33H36N8O3. The molecule has 3 aliphatic heterocycles. The number of nitrogens with one attached hydrogen (secondary N) is 3. The molecule has 4 aromatic rings. The van der Waals surface area contributed by atoms with Crippen molar-refractivity contribution >= 4 is 23.4 Å². The number of benzene rings is 3. The maximum atomic E-state index is 14.0. The van der Waals surface area contributed by atoms with Crippen molar-refractivity contribution in [1.82, 2.24) is 36.2 Å². The van der Waals surface area contributed by atoms with Crippen molar-refractivity contribution in [1.29, 1.82) is 0 Å². The third-order valence-electron chi connectivity index (χ3n) is 8.05. The Morgan fingerprint density at radius 3 is 2.41 bits per heavy atom. The molecule has 6 bridgehead atoms. The molecule has 7 rings (SSSR count). The van der Waals surface area contributed by atoms with Crippen LogP contribution in [0.5, 0.6) is 0 Å². The van der Waals surface area contributed by atoms with Crippen LogP contribution >= 0.6 is 0 Å². The van der Waals surface area contributed by atoms with Gasteiger partial charge < -0.3 is 20.9 Å². The molecule has 0 unspecified atom stereocenters. The van der Waals surface area contributed by atoms with Gasteiger partial charge in [0.1, 0.15) is 12.6 Å². The fourth-order valence-corrected chi connectivity index (χ4v) is 5.83. The van der Waals surface area contributed by atoms with Gasteiger partial charge in [-0.3, -0.25) is 14.4 Å². The van der Waals surface area contributed by atoms with Gasteiger partial charge in [0, 0.05) is 36.3 Å². The summed E-state index contributed by atoms with van der Waals surface area (Å²) in [5, 5.41) is 22.0. The largest absolute Gasteiger partial charge is 0.353 e. The fraction of sp³-hybridized carbons (Fsp3) is 0.333. The number of fused-ring (bicyclic) bond motifs is 12. The summed E-state index contributed by atoms with van der Waals surface area (Å²) < 4.78 is 0. The highest BCUT2D eigenvalue weighted by atomic mass is 16.2. The van der Waals surface area contributed by atoms with Gasteiger partial charge in [0.25, 0.3) is 0 Å². The Kier molecular flexibility index (Phi) is 8.21. The van der Waals surface area contributed by atoms with Crippen LogP contribution in [0.1, 0.15) is 37.8 Å². The molecule has 11 heteroatoms. The first-order valence-electron chi connectivity index (χ1n) is 14.9. The summed E-state index contributed by atoms with van der Waals surface area (Å²) in [5.74, 6) is -0.149. The minimum Gasteiger partial charge on any atom is -0.353 e. The molecule has 0 spiro atoms. The molecule has 1 aromatic heterocycles. The Bertz CT molecular complexity index is 1680. The first-order valence-corrected chi connectivity index (χ1v) is 14.9. The van der Waals surface area contributed by atoms with Crippen LogP contribution < -0.4 is 20.9 Å². The Morgan fingerprint density at radius 2 is 1.59 bits per heavy atom. The van der Waals surface area contributed by atoms with Crippen molar-refractivity contribution in [3.63, 3.8) is 0 Å². The molecule has 44 heavy (non-hydrogen) atoms. The average molecular weight is 593 g/mol. The number of aryl methyl sites for hydroxylation is 1. The van der Waals surface area contributed by atoms with Gasteiger partial charge in [-0.25, -0.2) is 0 Å². The highest BCUT2D eigenvalue weighted by molar-refractivity contribution is 6.00. The molecule has 1 atom stereocenters. The Morgan fingerprint density at radius 1 is 0.841 bits per heavy atom. The number of para-hydroxylation sites is 1. The minimum atomic E-state index is -0.641. The van der Waals surface area contributed by atoms with Crippen LogP contribution in [-0.2, 0) is 33.9 Å². The summed E-state index contributed by atoms with van der Waals surface area (Å²) in [6.45, 7) is 4.97. The minimum absolute atomic E-state index is 0.0648. The first kappa shape index (κ1) is 29.2. The van der Waals surface area contributed by atoms with Crippen LogP contribution in [0.3, 0.4) is 0 Å². The lowest BCUT2D eigenvalue weighted by Crippen LogP contribution is -2.51. The standard InChI is InChI=1S/C33H36N8O3/c1-33(2)19-29(42)36-27-16-15-24-7-3-6-10-28(24)40(32(27)44)20-22-11-13-23(14-12-22)25-8-4-5-9-26(25)31-37-39-41(38-31)21-30(43)34-17-18-35-33/h3-14,27,35H,15-21H2,1-2H3,(H,34,43)(H,36,42)/t27-/m1/s1. The topological polar surface area (TPSA) is 134 Å². The summed E-state index contributed by atoms with van der Waals surface area (Å²) in [7, 11) is 0. The highest BCUT2D eigenvalue weighted by Gasteiger charge is 2.32. The fourth-order valence-electron chi connectivity index (χ4n) is 5.83. The maximum Gasteiger partial charge on any atom is 0.249 e. The average Bonchev–Trinajstić information content (AvgIpc) is 3.43. The van der Waals surface area contributed by atoms with E-state index >= 15 is 0 Å². The smallest absolute Gasteiger partial charge is 0.249 e. The lowest BCUT2D eigenvalue weighted by molar-refractivity contribution is -0.128. The Balaban J connectivity index is 1.35. The van der Waals surface area contributed by atoms with Crippen LogP contribution in [0, 0.1) is 0 Å². The van der Waals surface area contributed by atoms with E-state index in [1.807, 2.05) is 86.6 Å². The maximum absolute atomic E-state index is 14.0. The van der Waals surface area contributed by atoms with E-state index in [2.05, 4.69) is 31.4 Å². The molecule has 3 aromatic carbocycles. The van der Waals surface area contributed by atoms with E-state index in [-0.39, 0.29) is 30.7 Å². The predicted octanol–water partition coefficient (Wildman–Crippen LogP) is 2.86. The molecule has 0 aliphatic carbocycles. The highest BCUT2D eigenvalue weighted by Crippen LogP contribution is 2.32. The summed E-state index contributed by atoms with van der Waals surface area (Å²) in [6, 6.07) is 23.2. The molecule has 11 nitrogen and oxygen atoms in total. The van der Waals surface area contributed by atoms with Gasteiger partial charge in [-0.15, -0.1) is 10.2 Å². The summed E-state index contributed by atoms with van der Waals surface area (Å²) in [4.78, 5) is 42.8. The van der Waals surface area contributed by atoms with Crippen LogP contribution in [0.25, 0.3) is 22.5 Å². The Hall–Kier alpha value is -4.90. The Labute approximate surface area is 256 Å². The number of amides is 3. The second-order valence-corrected chi connectivity index (χ2v) is 11.9. The number of rotatable bonds is 0. The number of tetrazole rings is 1. The van der Waals surface area contributed by atoms with E-state index in [1.165, 1.54) is 4.80 Å². The second-order valence-electron chi connectivity index (χ2n) is 11.9. The van der Waals surface area contributed by atoms with E-state index < -0.39 is 11.6 Å². The van der Waals surface area contributed by atoms with Gasteiger partial charge in [0.15, 0.2) is 0 Å². The van der Waals surface area contributed by atoms with Crippen molar-refractivity contribution in [2.75, 3.05) is 18.0 Å². The molecule has 3 aliphatic rings. The quantitative estimate of drug-likeness (QED) is 0.286. The van der Waals surface area contributed by atoms with E-state index in [1.54, 1.807) is 4.90 Å². The van der Waals surface area contributed by atoms with Crippen molar-refractivity contribution in [2.45, 2.75) is 57.8 Å². The van der Waals surface area contributed by atoms with Gasteiger partial charge >= 0.3 is 0 Å². The van der Waals surface area contributed by atoms with Crippen molar-refractivity contribution in [2.24, 2.45) is 0 Å². The SMILES string of the molecule is CC1(C)CC(=O)N[C@@H]2CCc3ccccc3N(Cc3ccc(cc3)-c3ccccc3-c3nnn(n3)CC(=O)NCCN1)C2=O. The number of hydrogen-bond donors (Lipinski definition) is 3. The zero-order valence-electron chi connectivity index (χ0n) is 24.9. The van der Waals surface area contributed by atoms with Gasteiger partial charge in [-0.05, 0) is 60.2 Å². The van der Waals surface area contributed by atoms with Crippen LogP contribution in [0.4, 0.5) is 5.69 Å². The van der Waals surface area contributed by atoms with Crippen molar-refractivity contribution in [3.05, 3.63) is 83.9 Å². The molecule has 3 N–H and O–H groups in total. The normalized spacial score (nSPS) is 19.3. The summed E-state index contributed by atoms with van der Waals surface area (Å²) >= 11 is 0. The lowest BCUT2D eigenvalue weighted by Gasteiger charge is -2.29. The van der Waals surface area contributed by atoms with E-state index in [9.17, 15) is 14.4 Å². The third kappa shape index (κ3) is 6.52. The van der Waals surface area contributed by atoms with Crippen molar-refractivity contribution in [3.8, 4) is 22.5 Å². The molecule has 3 amide bonds. The van der Waals surface area contributed by atoms with E-state index in [4.69, 9.17) is 0 Å². The van der Waals surface area contributed by atoms with E-state index in [0.717, 1.165) is 33.5 Å². The number of nitrogens with zero attached hydrogens (tertiary/aromatic N) is 5. The van der Waals surface area contributed by atoms with E-state index in [0.29, 0.717) is 38.3 Å². The zero-order chi connectivity index (χ0) is 30.7. The molecule has 0 saturated carbocycles. The first-order chi connectivity index (χ1) is 21.3. The van der Waals surface area contributed by atoms with Gasteiger partial charge in [-0.1, -0.05) is 66.7 Å². The second kappa shape index (κ2) is 12.4. The molecule has 0 fully saturated rings. The zero-order valence-corrected chi connectivity index (χ0v) is 24.9. The number of aromatic nitrogens is 4. The molecule has 0 radical (unpaired) electrons. The predicted molar refractivity (Wildman–Crippen MR) is 166 cm³/mol. The van der Waals surface area contributed by atoms with Crippen molar-refractivity contribution < 1.29 is 14.4 Å². The number of anilines is 1.